The molecule has 0 spiro atoms. The molecule has 1 atom stereocenters. The Morgan fingerprint density at radius 1 is 1.38 bits per heavy atom. The van der Waals surface area contributed by atoms with Crippen LogP contribution in [0.1, 0.15) is 18.5 Å². The van der Waals surface area contributed by atoms with E-state index in [1.54, 1.807) is 17.2 Å². The number of H-pyrrole nitrogens is 1. The summed E-state index contributed by atoms with van der Waals surface area (Å²) in [7, 11) is 1.82. The molecule has 1 amide bonds. The zero-order chi connectivity index (χ0) is 17.1. The van der Waals surface area contributed by atoms with E-state index in [-0.39, 0.29) is 11.9 Å². The number of hydrogen-bond acceptors (Lipinski definition) is 4. The minimum Gasteiger partial charge on any atom is -0.338 e. The van der Waals surface area contributed by atoms with Crippen LogP contribution in [0.2, 0.25) is 5.02 Å². The number of fused-ring (bicyclic) bond motifs is 1. The molecule has 0 fully saturated rings. The smallest absolute Gasteiger partial charge is 0.233 e. The highest BCUT2D eigenvalue weighted by Gasteiger charge is 2.18. The summed E-state index contributed by atoms with van der Waals surface area (Å²) in [6.07, 6.45) is 1.56. The van der Waals surface area contributed by atoms with Gasteiger partial charge in [0.15, 0.2) is 10.8 Å². The highest BCUT2D eigenvalue weighted by molar-refractivity contribution is 7.99. The largest absolute Gasteiger partial charge is 0.338 e. The molecule has 0 aliphatic rings. The van der Waals surface area contributed by atoms with Crippen molar-refractivity contribution in [1.29, 1.82) is 0 Å². The summed E-state index contributed by atoms with van der Waals surface area (Å²) in [6.45, 7) is 2.02. The van der Waals surface area contributed by atoms with Crippen LogP contribution in [0, 0.1) is 0 Å². The standard InChI is InChI=1S/C17H17ClN4OS/c1-11(12-6-4-3-5-7-12)22(2)15(23)10-24-17-20-14-8-13(18)9-19-16(14)21-17/h3-9,11H,10H2,1-2H3,(H,19,20,21)/t11-/m1/s1. The average Bonchev–Trinajstić information content (AvgIpc) is 3.01. The number of aromatic nitrogens is 3. The van der Waals surface area contributed by atoms with Crippen molar-refractivity contribution in [3.05, 3.63) is 53.2 Å². The molecule has 1 N–H and O–H groups in total. The van der Waals surface area contributed by atoms with E-state index in [1.165, 1.54) is 11.8 Å². The summed E-state index contributed by atoms with van der Waals surface area (Å²) in [4.78, 5) is 25.8. The quantitative estimate of drug-likeness (QED) is 0.700. The lowest BCUT2D eigenvalue weighted by molar-refractivity contribution is -0.128. The van der Waals surface area contributed by atoms with Crippen LogP contribution in [0.3, 0.4) is 0 Å². The van der Waals surface area contributed by atoms with Crippen molar-refractivity contribution in [2.45, 2.75) is 18.1 Å². The van der Waals surface area contributed by atoms with Gasteiger partial charge in [-0.15, -0.1) is 0 Å². The molecule has 3 aromatic rings. The van der Waals surface area contributed by atoms with Gasteiger partial charge >= 0.3 is 0 Å². The minimum absolute atomic E-state index is 0.0236. The first-order chi connectivity index (χ1) is 11.5. The van der Waals surface area contributed by atoms with E-state index < -0.39 is 0 Å². The summed E-state index contributed by atoms with van der Waals surface area (Å²) in [5.74, 6) is 0.351. The fourth-order valence-corrected chi connectivity index (χ4v) is 3.28. The molecule has 0 saturated carbocycles. The second kappa shape index (κ2) is 7.23. The molecule has 3 rings (SSSR count). The number of pyridine rings is 1. The van der Waals surface area contributed by atoms with E-state index in [4.69, 9.17) is 11.6 Å². The van der Waals surface area contributed by atoms with Gasteiger partial charge in [0, 0.05) is 13.2 Å². The molecular formula is C17H17ClN4OS. The number of benzene rings is 1. The highest BCUT2D eigenvalue weighted by Crippen LogP contribution is 2.23. The first-order valence-corrected chi connectivity index (χ1v) is 8.85. The monoisotopic (exact) mass is 360 g/mol. The maximum atomic E-state index is 12.4. The Morgan fingerprint density at radius 2 is 2.12 bits per heavy atom. The molecule has 0 bridgehead atoms. The lowest BCUT2D eigenvalue weighted by Crippen LogP contribution is -2.31. The predicted octanol–water partition coefficient (Wildman–Crippen LogP) is 3.92. The summed E-state index contributed by atoms with van der Waals surface area (Å²) in [6, 6.07) is 11.8. The van der Waals surface area contributed by atoms with Crippen LogP contribution >= 0.6 is 23.4 Å². The van der Waals surface area contributed by atoms with Crippen LogP contribution in [0.5, 0.6) is 0 Å². The number of thioether (sulfide) groups is 1. The van der Waals surface area contributed by atoms with Gasteiger partial charge in [0.1, 0.15) is 0 Å². The van der Waals surface area contributed by atoms with E-state index in [0.29, 0.717) is 21.6 Å². The molecule has 124 valence electrons. The number of carbonyl (C=O) groups is 1. The van der Waals surface area contributed by atoms with Crippen molar-refractivity contribution < 1.29 is 4.79 Å². The van der Waals surface area contributed by atoms with E-state index in [9.17, 15) is 4.79 Å². The van der Waals surface area contributed by atoms with E-state index >= 15 is 0 Å². The van der Waals surface area contributed by atoms with Crippen LogP contribution in [0.15, 0.2) is 47.8 Å². The van der Waals surface area contributed by atoms with Gasteiger partial charge in [-0.1, -0.05) is 53.7 Å². The molecule has 2 aromatic heterocycles. The van der Waals surface area contributed by atoms with E-state index in [2.05, 4.69) is 15.0 Å². The number of nitrogens with one attached hydrogen (secondary N) is 1. The normalized spacial score (nSPS) is 12.3. The molecule has 24 heavy (non-hydrogen) atoms. The maximum absolute atomic E-state index is 12.4. The van der Waals surface area contributed by atoms with Gasteiger partial charge in [0.25, 0.3) is 0 Å². The first kappa shape index (κ1) is 16.8. The lowest BCUT2D eigenvalue weighted by Gasteiger charge is -2.25. The summed E-state index contributed by atoms with van der Waals surface area (Å²) < 4.78 is 0. The van der Waals surface area contributed by atoms with Crippen LogP contribution in [-0.4, -0.2) is 38.6 Å². The van der Waals surface area contributed by atoms with Gasteiger partial charge in [0.2, 0.25) is 5.91 Å². The Kier molecular flexibility index (Phi) is 5.06. The predicted molar refractivity (Wildman–Crippen MR) is 97.2 cm³/mol. The zero-order valence-corrected chi connectivity index (χ0v) is 14.9. The highest BCUT2D eigenvalue weighted by atomic mass is 35.5. The summed E-state index contributed by atoms with van der Waals surface area (Å²) >= 11 is 7.27. The van der Waals surface area contributed by atoms with Crippen molar-refractivity contribution in [2.75, 3.05) is 12.8 Å². The number of imidazole rings is 1. The van der Waals surface area contributed by atoms with Crippen molar-refractivity contribution in [3.8, 4) is 0 Å². The Morgan fingerprint density at radius 3 is 2.88 bits per heavy atom. The van der Waals surface area contributed by atoms with Crippen LogP contribution in [0.4, 0.5) is 0 Å². The number of halogens is 1. The number of amides is 1. The van der Waals surface area contributed by atoms with Gasteiger partial charge in [-0.25, -0.2) is 9.97 Å². The Hall–Kier alpha value is -2.05. The van der Waals surface area contributed by atoms with Gasteiger partial charge in [-0.2, -0.15) is 0 Å². The first-order valence-electron chi connectivity index (χ1n) is 7.49. The number of rotatable bonds is 5. The SMILES string of the molecule is C[C@H](c1ccccc1)N(C)C(=O)CSc1nc2ncc(Cl)cc2[nH]1. The number of nitrogens with zero attached hydrogens (tertiary/aromatic N) is 3. The maximum Gasteiger partial charge on any atom is 0.233 e. The molecule has 2 heterocycles. The Balaban J connectivity index is 1.63. The fourth-order valence-electron chi connectivity index (χ4n) is 2.32. The molecule has 0 saturated heterocycles. The Bertz CT molecular complexity index is 852. The number of hydrogen-bond donors (Lipinski definition) is 1. The van der Waals surface area contributed by atoms with Crippen molar-refractivity contribution >= 4 is 40.4 Å². The number of carbonyl (C=O) groups excluding carboxylic acids is 1. The van der Waals surface area contributed by atoms with Crippen LogP contribution in [0.25, 0.3) is 11.2 Å². The average molecular weight is 361 g/mol. The second-order valence-corrected chi connectivity index (χ2v) is 6.85. The zero-order valence-electron chi connectivity index (χ0n) is 13.4. The summed E-state index contributed by atoms with van der Waals surface area (Å²) in [5, 5.41) is 1.21. The summed E-state index contributed by atoms with van der Waals surface area (Å²) in [5.41, 5.74) is 2.48. The second-order valence-electron chi connectivity index (χ2n) is 5.45. The molecule has 5 nitrogen and oxygen atoms in total. The molecule has 7 heteroatoms. The third-order valence-electron chi connectivity index (χ3n) is 3.87. The Labute approximate surface area is 149 Å². The lowest BCUT2D eigenvalue weighted by atomic mass is 10.1. The van der Waals surface area contributed by atoms with E-state index in [0.717, 1.165) is 11.1 Å². The van der Waals surface area contributed by atoms with Crippen LogP contribution < -0.4 is 0 Å². The van der Waals surface area contributed by atoms with Crippen molar-refractivity contribution in [2.24, 2.45) is 0 Å². The molecule has 0 aliphatic heterocycles. The van der Waals surface area contributed by atoms with Crippen LogP contribution in [-0.2, 0) is 4.79 Å². The van der Waals surface area contributed by atoms with Gasteiger partial charge in [-0.3, -0.25) is 4.79 Å². The number of aromatic amines is 1. The molecule has 1 aromatic carbocycles. The van der Waals surface area contributed by atoms with Gasteiger partial charge < -0.3 is 9.88 Å². The van der Waals surface area contributed by atoms with Gasteiger partial charge in [0.05, 0.1) is 22.3 Å². The van der Waals surface area contributed by atoms with Gasteiger partial charge in [-0.05, 0) is 18.6 Å². The van der Waals surface area contributed by atoms with Crippen molar-refractivity contribution in [1.82, 2.24) is 19.9 Å². The fraction of sp³-hybridized carbons (Fsp3) is 0.235. The molecule has 0 unspecified atom stereocenters. The minimum atomic E-state index is 0.0236. The topological polar surface area (TPSA) is 61.9 Å². The third-order valence-corrected chi connectivity index (χ3v) is 4.94. The van der Waals surface area contributed by atoms with Crippen molar-refractivity contribution in [3.63, 3.8) is 0 Å². The molecular weight excluding hydrogens is 344 g/mol. The molecule has 0 aliphatic carbocycles. The molecule has 0 radical (unpaired) electrons. The van der Waals surface area contributed by atoms with E-state index in [1.807, 2.05) is 44.3 Å². The third kappa shape index (κ3) is 3.71.